The van der Waals surface area contributed by atoms with Crippen molar-refractivity contribution in [3.8, 4) is 0 Å². The summed E-state index contributed by atoms with van der Waals surface area (Å²) in [5.74, 6) is 0.525. The van der Waals surface area contributed by atoms with Crippen molar-refractivity contribution >= 4 is 0 Å². The maximum Gasteiger partial charge on any atom is 0.128 e. The van der Waals surface area contributed by atoms with E-state index in [0.29, 0.717) is 17.5 Å². The highest BCUT2D eigenvalue weighted by Crippen LogP contribution is 2.24. The molecule has 0 bridgehead atoms. The normalized spacial score (nSPS) is 27.1. The maximum atomic E-state index is 13.7. The molecule has 0 aromatic heterocycles. The Morgan fingerprint density at radius 3 is 2.78 bits per heavy atom. The molecule has 0 aliphatic carbocycles. The molecule has 0 spiro atoms. The van der Waals surface area contributed by atoms with Crippen molar-refractivity contribution < 1.29 is 4.39 Å². The Bertz CT molecular complexity index is 394. The van der Waals surface area contributed by atoms with E-state index in [1.165, 1.54) is 18.9 Å². The van der Waals surface area contributed by atoms with E-state index in [0.717, 1.165) is 13.1 Å². The number of hydrogen-bond donors (Lipinski definition) is 1. The van der Waals surface area contributed by atoms with E-state index in [1.54, 1.807) is 12.1 Å². The number of nitrogens with two attached hydrogens (primary N) is 1. The average molecular weight is 250 g/mol. The van der Waals surface area contributed by atoms with Gasteiger partial charge in [-0.3, -0.25) is 4.90 Å². The largest absolute Gasteiger partial charge is 0.323 e. The minimum absolute atomic E-state index is 0.192. The second kappa shape index (κ2) is 5.81. The van der Waals surface area contributed by atoms with Crippen molar-refractivity contribution in [3.05, 3.63) is 35.6 Å². The van der Waals surface area contributed by atoms with Gasteiger partial charge in [-0.15, -0.1) is 0 Å². The second-order valence-electron chi connectivity index (χ2n) is 5.61. The molecule has 3 heteroatoms. The average Bonchev–Trinajstić information content (AvgIpc) is 2.34. The van der Waals surface area contributed by atoms with Crippen molar-refractivity contribution in [1.82, 2.24) is 4.90 Å². The molecule has 2 N–H and O–H groups in total. The molecule has 3 unspecified atom stereocenters. The van der Waals surface area contributed by atoms with Gasteiger partial charge in [0.1, 0.15) is 5.82 Å². The maximum absolute atomic E-state index is 13.7. The summed E-state index contributed by atoms with van der Waals surface area (Å²) in [6.45, 7) is 6.32. The number of hydrogen-bond acceptors (Lipinski definition) is 2. The molecule has 1 aliphatic heterocycles. The molecule has 0 saturated carbocycles. The van der Waals surface area contributed by atoms with Crippen LogP contribution in [0.15, 0.2) is 24.3 Å². The third kappa shape index (κ3) is 3.09. The number of rotatable bonds is 3. The predicted octanol–water partition coefficient (Wildman–Crippen LogP) is 2.95. The number of likely N-dealkylation sites (tertiary alicyclic amines) is 1. The van der Waals surface area contributed by atoms with Crippen LogP contribution in [0, 0.1) is 11.7 Å². The lowest BCUT2D eigenvalue weighted by Gasteiger charge is -2.38. The molecule has 100 valence electrons. The van der Waals surface area contributed by atoms with Crippen molar-refractivity contribution in [2.75, 3.05) is 13.1 Å². The van der Waals surface area contributed by atoms with Gasteiger partial charge in [-0.1, -0.05) is 25.1 Å². The molecule has 3 atom stereocenters. The molecule has 2 nitrogen and oxygen atoms in total. The summed E-state index contributed by atoms with van der Waals surface area (Å²) in [7, 11) is 0. The van der Waals surface area contributed by atoms with Gasteiger partial charge in [0, 0.05) is 30.7 Å². The van der Waals surface area contributed by atoms with Crippen molar-refractivity contribution in [3.63, 3.8) is 0 Å². The van der Waals surface area contributed by atoms with E-state index in [-0.39, 0.29) is 11.9 Å². The first-order valence-electron chi connectivity index (χ1n) is 6.82. The second-order valence-corrected chi connectivity index (χ2v) is 5.61. The lowest BCUT2D eigenvalue weighted by atomic mass is 9.94. The van der Waals surface area contributed by atoms with Gasteiger partial charge in [0.25, 0.3) is 0 Å². The van der Waals surface area contributed by atoms with Gasteiger partial charge in [-0.2, -0.15) is 0 Å². The van der Waals surface area contributed by atoms with Gasteiger partial charge < -0.3 is 5.73 Å². The van der Waals surface area contributed by atoms with Gasteiger partial charge in [-0.25, -0.2) is 4.39 Å². The fraction of sp³-hybridized carbons (Fsp3) is 0.600. The first kappa shape index (κ1) is 13.5. The topological polar surface area (TPSA) is 29.3 Å². The Balaban J connectivity index is 2.02. The Kier molecular flexibility index (Phi) is 4.36. The number of benzene rings is 1. The van der Waals surface area contributed by atoms with E-state index >= 15 is 0 Å². The third-order valence-corrected chi connectivity index (χ3v) is 3.98. The molecule has 18 heavy (non-hydrogen) atoms. The summed E-state index contributed by atoms with van der Waals surface area (Å²) in [6, 6.07) is 7.14. The van der Waals surface area contributed by atoms with Crippen molar-refractivity contribution in [2.24, 2.45) is 11.7 Å². The highest BCUT2D eigenvalue weighted by atomic mass is 19.1. The summed E-state index contributed by atoms with van der Waals surface area (Å²) in [5, 5.41) is 0. The lowest BCUT2D eigenvalue weighted by Crippen LogP contribution is -2.44. The van der Waals surface area contributed by atoms with Crippen LogP contribution in [0.2, 0.25) is 0 Å². The number of piperidine rings is 1. The number of halogens is 1. The molecule has 2 rings (SSSR count). The van der Waals surface area contributed by atoms with Gasteiger partial charge in [-0.05, 0) is 31.7 Å². The van der Waals surface area contributed by atoms with Crippen LogP contribution in [-0.2, 0) is 0 Å². The summed E-state index contributed by atoms with van der Waals surface area (Å²) >= 11 is 0. The molecule has 1 saturated heterocycles. The number of nitrogens with zero attached hydrogens (tertiary/aromatic N) is 1. The van der Waals surface area contributed by atoms with Crippen LogP contribution >= 0.6 is 0 Å². The standard InChI is InChI=1S/C15H23FN2/c1-11-7-8-12(2)18(9-11)10-15(17)13-5-3-4-6-14(13)16/h3-6,11-12,15H,7-10,17H2,1-2H3. The Hall–Kier alpha value is -0.930. The van der Waals surface area contributed by atoms with Gasteiger partial charge in [0.2, 0.25) is 0 Å². The van der Waals surface area contributed by atoms with Gasteiger partial charge in [0.05, 0.1) is 0 Å². The molecule has 1 aromatic rings. The SMILES string of the molecule is CC1CCC(C)N(CC(N)c2ccccc2F)C1. The Labute approximate surface area is 109 Å². The van der Waals surface area contributed by atoms with Crippen LogP contribution in [0.5, 0.6) is 0 Å². The summed E-state index contributed by atoms with van der Waals surface area (Å²) in [5.41, 5.74) is 6.78. The zero-order valence-electron chi connectivity index (χ0n) is 11.3. The minimum atomic E-state index is -0.237. The molecule has 0 amide bonds. The Morgan fingerprint density at radius 1 is 1.33 bits per heavy atom. The first-order valence-corrected chi connectivity index (χ1v) is 6.82. The van der Waals surface area contributed by atoms with Crippen LogP contribution < -0.4 is 5.73 Å². The van der Waals surface area contributed by atoms with E-state index in [4.69, 9.17) is 5.73 Å². The molecule has 1 aliphatic rings. The van der Waals surface area contributed by atoms with Crippen molar-refractivity contribution in [1.29, 1.82) is 0 Å². The highest BCUT2D eigenvalue weighted by Gasteiger charge is 2.25. The zero-order valence-corrected chi connectivity index (χ0v) is 11.3. The fourth-order valence-electron chi connectivity index (χ4n) is 2.76. The summed E-state index contributed by atoms with van der Waals surface area (Å²) in [6.07, 6.45) is 2.50. The van der Waals surface area contributed by atoms with Crippen LogP contribution in [-0.4, -0.2) is 24.0 Å². The van der Waals surface area contributed by atoms with Crippen LogP contribution in [0.25, 0.3) is 0 Å². The molecule has 1 fully saturated rings. The highest BCUT2D eigenvalue weighted by molar-refractivity contribution is 5.21. The molecular formula is C15H23FN2. The van der Waals surface area contributed by atoms with Gasteiger partial charge in [0.15, 0.2) is 0 Å². The Morgan fingerprint density at radius 2 is 2.06 bits per heavy atom. The lowest BCUT2D eigenvalue weighted by molar-refractivity contribution is 0.117. The molecule has 1 aromatic carbocycles. The molecule has 1 heterocycles. The van der Waals surface area contributed by atoms with Crippen LogP contribution in [0.3, 0.4) is 0 Å². The minimum Gasteiger partial charge on any atom is -0.323 e. The smallest absolute Gasteiger partial charge is 0.128 e. The molecular weight excluding hydrogens is 227 g/mol. The van der Waals surface area contributed by atoms with E-state index in [9.17, 15) is 4.39 Å². The fourth-order valence-corrected chi connectivity index (χ4v) is 2.76. The summed E-state index contributed by atoms with van der Waals surface area (Å²) < 4.78 is 13.7. The first-order chi connectivity index (χ1) is 8.58. The third-order valence-electron chi connectivity index (χ3n) is 3.98. The van der Waals surface area contributed by atoms with Crippen LogP contribution in [0.1, 0.15) is 38.3 Å². The molecule has 0 radical (unpaired) electrons. The van der Waals surface area contributed by atoms with E-state index < -0.39 is 0 Å². The predicted molar refractivity (Wildman–Crippen MR) is 72.8 cm³/mol. The quantitative estimate of drug-likeness (QED) is 0.893. The van der Waals surface area contributed by atoms with Crippen molar-refractivity contribution in [2.45, 2.75) is 38.8 Å². The monoisotopic (exact) mass is 250 g/mol. The van der Waals surface area contributed by atoms with Crippen LogP contribution in [0.4, 0.5) is 4.39 Å². The van der Waals surface area contributed by atoms with E-state index in [1.807, 2.05) is 6.07 Å². The van der Waals surface area contributed by atoms with Gasteiger partial charge >= 0.3 is 0 Å². The summed E-state index contributed by atoms with van der Waals surface area (Å²) in [4.78, 5) is 2.39. The zero-order chi connectivity index (χ0) is 13.1. The van der Waals surface area contributed by atoms with E-state index in [2.05, 4.69) is 18.7 Å².